The zero-order valence-corrected chi connectivity index (χ0v) is 14.6. The number of benzene rings is 2. The molecule has 1 fully saturated rings. The van der Waals surface area contributed by atoms with Crippen LogP contribution in [-0.4, -0.2) is 37.0 Å². The molecule has 25 heavy (non-hydrogen) atoms. The van der Waals surface area contributed by atoms with Crippen LogP contribution < -0.4 is 10.6 Å². The lowest BCUT2D eigenvalue weighted by Crippen LogP contribution is -2.35. The summed E-state index contributed by atoms with van der Waals surface area (Å²) in [4.78, 5) is 25.7. The predicted molar refractivity (Wildman–Crippen MR) is 99.4 cm³/mol. The maximum absolute atomic E-state index is 12.4. The third-order valence-electron chi connectivity index (χ3n) is 4.68. The third-order valence-corrected chi connectivity index (χ3v) is 4.68. The van der Waals surface area contributed by atoms with Gasteiger partial charge in [-0.3, -0.25) is 4.79 Å². The lowest BCUT2D eigenvalue weighted by Gasteiger charge is -2.17. The fourth-order valence-electron chi connectivity index (χ4n) is 3.20. The van der Waals surface area contributed by atoms with Crippen molar-refractivity contribution in [1.29, 1.82) is 0 Å². The highest BCUT2D eigenvalue weighted by atomic mass is 16.2. The smallest absolute Gasteiger partial charge is 0.321 e. The Morgan fingerprint density at radius 2 is 1.80 bits per heavy atom. The quantitative estimate of drug-likeness (QED) is 0.903. The van der Waals surface area contributed by atoms with E-state index in [1.807, 2.05) is 36.4 Å². The minimum absolute atomic E-state index is 0.00196. The van der Waals surface area contributed by atoms with Gasteiger partial charge in [-0.15, -0.1) is 0 Å². The van der Waals surface area contributed by atoms with Gasteiger partial charge in [0, 0.05) is 25.8 Å². The van der Waals surface area contributed by atoms with Crippen LogP contribution in [0.15, 0.2) is 48.5 Å². The molecule has 0 saturated carbocycles. The normalized spacial score (nSPS) is 16.6. The molecule has 0 bridgehead atoms. The number of carbonyl (C=O) groups is 2. The summed E-state index contributed by atoms with van der Waals surface area (Å²) in [6.07, 6.45) is 0.708. The van der Waals surface area contributed by atoms with Crippen molar-refractivity contribution in [3.8, 4) is 11.1 Å². The molecule has 3 rings (SSSR count). The molecule has 0 aromatic heterocycles. The Morgan fingerprint density at radius 1 is 1.08 bits per heavy atom. The van der Waals surface area contributed by atoms with E-state index in [1.165, 1.54) is 11.1 Å². The molecule has 5 heteroatoms. The van der Waals surface area contributed by atoms with E-state index < -0.39 is 0 Å². The van der Waals surface area contributed by atoms with Crippen molar-refractivity contribution < 1.29 is 9.59 Å². The largest absolute Gasteiger partial charge is 0.359 e. The zero-order valence-electron chi connectivity index (χ0n) is 14.6. The molecular formula is C20H23N3O2. The molecule has 1 heterocycles. The predicted octanol–water partition coefficient (Wildman–Crippen LogP) is 3.26. The summed E-state index contributed by atoms with van der Waals surface area (Å²) in [7, 11) is 1.63. The van der Waals surface area contributed by atoms with E-state index in [-0.39, 0.29) is 17.9 Å². The number of aryl methyl sites for hydroxylation is 1. The number of hydrogen-bond donors (Lipinski definition) is 2. The number of urea groups is 1. The summed E-state index contributed by atoms with van der Waals surface area (Å²) in [5, 5.41) is 5.56. The lowest BCUT2D eigenvalue weighted by molar-refractivity contribution is -0.124. The molecular weight excluding hydrogens is 314 g/mol. The number of amides is 3. The van der Waals surface area contributed by atoms with Gasteiger partial charge in [-0.25, -0.2) is 4.79 Å². The third kappa shape index (κ3) is 3.82. The van der Waals surface area contributed by atoms with E-state index in [2.05, 4.69) is 29.7 Å². The highest BCUT2D eigenvalue weighted by Gasteiger charge is 2.30. The molecule has 1 aliphatic heterocycles. The molecule has 0 unspecified atom stereocenters. The summed E-state index contributed by atoms with van der Waals surface area (Å²) < 4.78 is 0. The van der Waals surface area contributed by atoms with E-state index in [1.54, 1.807) is 11.9 Å². The van der Waals surface area contributed by atoms with Gasteiger partial charge in [-0.2, -0.15) is 0 Å². The van der Waals surface area contributed by atoms with E-state index in [0.717, 1.165) is 11.3 Å². The van der Waals surface area contributed by atoms with E-state index in [0.29, 0.717) is 19.5 Å². The van der Waals surface area contributed by atoms with Crippen LogP contribution in [0, 0.1) is 12.8 Å². The van der Waals surface area contributed by atoms with Crippen LogP contribution in [0.25, 0.3) is 11.1 Å². The SMILES string of the molecule is CNC(=O)[C@H]1CCN(C(=O)Nc2ccc(-c3ccccc3C)cc2)C1. The van der Waals surface area contributed by atoms with Crippen LogP contribution in [0.2, 0.25) is 0 Å². The molecule has 2 aromatic rings. The van der Waals surface area contributed by atoms with E-state index in [9.17, 15) is 9.59 Å². The molecule has 5 nitrogen and oxygen atoms in total. The molecule has 1 aliphatic rings. The van der Waals surface area contributed by atoms with Crippen LogP contribution in [0.4, 0.5) is 10.5 Å². The van der Waals surface area contributed by atoms with Gasteiger partial charge >= 0.3 is 6.03 Å². The first-order valence-corrected chi connectivity index (χ1v) is 8.52. The van der Waals surface area contributed by atoms with Crippen LogP contribution in [0.3, 0.4) is 0 Å². The van der Waals surface area contributed by atoms with Gasteiger partial charge in [0.15, 0.2) is 0 Å². The molecule has 2 aromatic carbocycles. The first-order chi connectivity index (χ1) is 12.1. The van der Waals surface area contributed by atoms with Gasteiger partial charge in [0.25, 0.3) is 0 Å². The van der Waals surface area contributed by atoms with Gasteiger partial charge in [-0.05, 0) is 42.2 Å². The monoisotopic (exact) mass is 337 g/mol. The van der Waals surface area contributed by atoms with Crippen LogP contribution in [0.1, 0.15) is 12.0 Å². The molecule has 1 atom stereocenters. The Morgan fingerprint density at radius 3 is 2.48 bits per heavy atom. The van der Waals surface area contributed by atoms with Crippen molar-refractivity contribution in [2.24, 2.45) is 5.92 Å². The Bertz CT molecular complexity index is 771. The van der Waals surface area contributed by atoms with Gasteiger partial charge in [-0.1, -0.05) is 36.4 Å². The number of nitrogens with one attached hydrogen (secondary N) is 2. The molecule has 130 valence electrons. The van der Waals surface area contributed by atoms with Crippen molar-refractivity contribution in [3.05, 3.63) is 54.1 Å². The number of nitrogens with zero attached hydrogens (tertiary/aromatic N) is 1. The molecule has 1 saturated heterocycles. The number of rotatable bonds is 3. The van der Waals surface area contributed by atoms with Gasteiger partial charge in [0.05, 0.1) is 5.92 Å². The van der Waals surface area contributed by atoms with Crippen molar-refractivity contribution in [1.82, 2.24) is 10.2 Å². The minimum Gasteiger partial charge on any atom is -0.359 e. The first-order valence-electron chi connectivity index (χ1n) is 8.52. The summed E-state index contributed by atoms with van der Waals surface area (Å²) >= 11 is 0. The summed E-state index contributed by atoms with van der Waals surface area (Å²) in [5.41, 5.74) is 4.28. The fourth-order valence-corrected chi connectivity index (χ4v) is 3.20. The number of anilines is 1. The lowest BCUT2D eigenvalue weighted by atomic mass is 10.0. The van der Waals surface area contributed by atoms with Crippen molar-refractivity contribution in [2.75, 3.05) is 25.5 Å². The standard InChI is InChI=1S/C20H23N3O2/c1-14-5-3-4-6-18(14)15-7-9-17(10-8-15)22-20(25)23-12-11-16(13-23)19(24)21-2/h3-10,16H,11-13H2,1-2H3,(H,21,24)(H,22,25)/t16-/m0/s1. The fraction of sp³-hybridized carbons (Fsp3) is 0.300. The highest BCUT2D eigenvalue weighted by molar-refractivity contribution is 5.90. The second kappa shape index (κ2) is 7.38. The average Bonchev–Trinajstić information content (AvgIpc) is 3.12. The van der Waals surface area contributed by atoms with Gasteiger partial charge in [0.1, 0.15) is 0 Å². The zero-order chi connectivity index (χ0) is 17.8. The van der Waals surface area contributed by atoms with E-state index >= 15 is 0 Å². The molecule has 0 radical (unpaired) electrons. The van der Waals surface area contributed by atoms with Crippen molar-refractivity contribution in [3.63, 3.8) is 0 Å². The first kappa shape index (κ1) is 17.0. The number of likely N-dealkylation sites (tertiary alicyclic amines) is 1. The summed E-state index contributed by atoms with van der Waals surface area (Å²) in [5.74, 6) is -0.114. The number of carbonyl (C=O) groups excluding carboxylic acids is 2. The Kier molecular flexibility index (Phi) is 5.03. The van der Waals surface area contributed by atoms with Gasteiger partial charge < -0.3 is 15.5 Å². The summed E-state index contributed by atoms with van der Waals surface area (Å²) in [6, 6.07) is 15.9. The van der Waals surface area contributed by atoms with Gasteiger partial charge in [0.2, 0.25) is 5.91 Å². The topological polar surface area (TPSA) is 61.4 Å². The molecule has 0 aliphatic carbocycles. The van der Waals surface area contributed by atoms with Crippen LogP contribution >= 0.6 is 0 Å². The van der Waals surface area contributed by atoms with Crippen LogP contribution in [0.5, 0.6) is 0 Å². The molecule has 3 amide bonds. The second-order valence-electron chi connectivity index (χ2n) is 6.37. The molecule has 0 spiro atoms. The number of hydrogen-bond acceptors (Lipinski definition) is 2. The maximum atomic E-state index is 12.4. The van der Waals surface area contributed by atoms with Crippen molar-refractivity contribution >= 4 is 17.6 Å². The highest BCUT2D eigenvalue weighted by Crippen LogP contribution is 2.25. The average molecular weight is 337 g/mol. The van der Waals surface area contributed by atoms with Crippen molar-refractivity contribution in [2.45, 2.75) is 13.3 Å². The van der Waals surface area contributed by atoms with E-state index in [4.69, 9.17) is 0 Å². The van der Waals surface area contributed by atoms with Crippen LogP contribution in [-0.2, 0) is 4.79 Å². The minimum atomic E-state index is -0.157. The Balaban J connectivity index is 1.63. The second-order valence-corrected chi connectivity index (χ2v) is 6.37. The Labute approximate surface area is 148 Å². The summed E-state index contributed by atoms with van der Waals surface area (Å²) in [6.45, 7) is 3.15. The Hall–Kier alpha value is -2.82. The maximum Gasteiger partial charge on any atom is 0.321 e. The molecule has 2 N–H and O–H groups in total.